The lowest BCUT2D eigenvalue weighted by Crippen LogP contribution is -2.35. The monoisotopic (exact) mass is 417 g/mol. The number of aryl methyl sites for hydroxylation is 2. The number of carbonyl (C=O) groups is 2. The Kier molecular flexibility index (Phi) is 7.14. The van der Waals surface area contributed by atoms with Gasteiger partial charge in [0.25, 0.3) is 5.91 Å². The van der Waals surface area contributed by atoms with E-state index in [1.807, 2.05) is 12.1 Å². The quantitative estimate of drug-likeness (QED) is 0.546. The van der Waals surface area contributed by atoms with E-state index in [1.165, 1.54) is 28.2 Å². The van der Waals surface area contributed by atoms with Gasteiger partial charge >= 0.3 is 5.97 Å². The molecule has 0 saturated carbocycles. The van der Waals surface area contributed by atoms with Crippen molar-refractivity contribution in [3.05, 3.63) is 45.1 Å². The lowest BCUT2D eigenvalue weighted by atomic mass is 10.1. The number of rotatable bonds is 7. The molecule has 1 aliphatic carbocycles. The van der Waals surface area contributed by atoms with E-state index in [4.69, 9.17) is 14.2 Å². The zero-order valence-electron chi connectivity index (χ0n) is 17.1. The molecule has 6 nitrogen and oxygen atoms in total. The minimum atomic E-state index is -0.871. The fourth-order valence-corrected chi connectivity index (χ4v) is 4.50. The van der Waals surface area contributed by atoms with Crippen LogP contribution in [0.25, 0.3) is 0 Å². The van der Waals surface area contributed by atoms with Gasteiger partial charge in [-0.25, -0.2) is 4.79 Å². The number of methoxy groups -OCH3 is 2. The Hall–Kier alpha value is -2.54. The average Bonchev–Trinajstić information content (AvgIpc) is 3.02. The Morgan fingerprint density at radius 2 is 1.83 bits per heavy atom. The standard InChI is InChI=1S/C22H27NO5S/c1-14(21(24)23-13-15-9-10-17(26-2)18(11-15)27-3)28-22(25)20-12-16-7-5-4-6-8-19(16)29-20/h9-12,14H,4-8,13H2,1-3H3,(H,23,24)/t14-/m1/s1. The van der Waals surface area contributed by atoms with Crippen molar-refractivity contribution in [1.29, 1.82) is 0 Å². The van der Waals surface area contributed by atoms with Gasteiger partial charge in [0.05, 0.1) is 14.2 Å². The van der Waals surface area contributed by atoms with Crippen molar-refractivity contribution in [2.24, 2.45) is 0 Å². The Balaban J connectivity index is 1.54. The summed E-state index contributed by atoms with van der Waals surface area (Å²) in [5.74, 6) is 0.443. The van der Waals surface area contributed by atoms with Gasteiger partial charge in [0.2, 0.25) is 0 Å². The van der Waals surface area contributed by atoms with Crippen LogP contribution in [-0.2, 0) is 28.9 Å². The van der Waals surface area contributed by atoms with Gasteiger partial charge in [-0.05, 0) is 61.9 Å². The number of hydrogen-bond acceptors (Lipinski definition) is 6. The third kappa shape index (κ3) is 5.29. The fraction of sp³-hybridized carbons (Fsp3) is 0.455. The van der Waals surface area contributed by atoms with Crippen molar-refractivity contribution < 1.29 is 23.8 Å². The number of hydrogen-bond donors (Lipinski definition) is 1. The molecule has 2 aromatic rings. The molecular weight excluding hydrogens is 390 g/mol. The van der Waals surface area contributed by atoms with Crippen LogP contribution in [0.1, 0.15) is 51.9 Å². The number of benzene rings is 1. The first-order valence-electron chi connectivity index (χ1n) is 9.83. The summed E-state index contributed by atoms with van der Waals surface area (Å²) in [6.07, 6.45) is 4.72. The lowest BCUT2D eigenvalue weighted by Gasteiger charge is -2.14. The predicted molar refractivity (Wildman–Crippen MR) is 112 cm³/mol. The molecule has 0 unspecified atom stereocenters. The molecule has 1 amide bonds. The topological polar surface area (TPSA) is 73.9 Å². The summed E-state index contributed by atoms with van der Waals surface area (Å²) in [5.41, 5.74) is 2.11. The highest BCUT2D eigenvalue weighted by molar-refractivity contribution is 7.14. The van der Waals surface area contributed by atoms with Gasteiger partial charge in [-0.15, -0.1) is 11.3 Å². The molecule has 0 radical (unpaired) electrons. The molecule has 3 rings (SSSR count). The van der Waals surface area contributed by atoms with Crippen LogP contribution in [0, 0.1) is 0 Å². The highest BCUT2D eigenvalue weighted by Gasteiger charge is 2.22. The van der Waals surface area contributed by atoms with E-state index in [-0.39, 0.29) is 5.91 Å². The van der Waals surface area contributed by atoms with E-state index in [0.717, 1.165) is 31.2 Å². The van der Waals surface area contributed by atoms with Crippen LogP contribution in [0.4, 0.5) is 0 Å². The largest absolute Gasteiger partial charge is 0.493 e. The van der Waals surface area contributed by atoms with Gasteiger partial charge in [0, 0.05) is 11.4 Å². The second-order valence-electron chi connectivity index (χ2n) is 7.07. The van der Waals surface area contributed by atoms with Gasteiger partial charge in [-0.2, -0.15) is 0 Å². The fourth-order valence-electron chi connectivity index (χ4n) is 3.36. The van der Waals surface area contributed by atoms with Gasteiger partial charge in [-0.1, -0.05) is 12.5 Å². The first-order chi connectivity index (χ1) is 14.0. The van der Waals surface area contributed by atoms with Crippen LogP contribution in [0.15, 0.2) is 24.3 Å². The molecule has 1 aliphatic rings. The summed E-state index contributed by atoms with van der Waals surface area (Å²) < 4.78 is 15.9. The van der Waals surface area contributed by atoms with Crippen LogP contribution in [0.3, 0.4) is 0 Å². The first kappa shape index (κ1) is 21.2. The number of carbonyl (C=O) groups excluding carboxylic acids is 2. The summed E-state index contributed by atoms with van der Waals surface area (Å²) in [4.78, 5) is 26.7. The van der Waals surface area contributed by atoms with Crippen LogP contribution >= 0.6 is 11.3 Å². The summed E-state index contributed by atoms with van der Waals surface area (Å²) >= 11 is 1.50. The zero-order valence-corrected chi connectivity index (χ0v) is 17.9. The van der Waals surface area contributed by atoms with Crippen molar-refractivity contribution in [1.82, 2.24) is 5.32 Å². The third-order valence-corrected chi connectivity index (χ3v) is 6.23. The SMILES string of the molecule is COc1ccc(CNC(=O)[C@@H](C)OC(=O)c2cc3c(s2)CCCCC3)cc1OC. The maximum absolute atomic E-state index is 12.5. The maximum Gasteiger partial charge on any atom is 0.349 e. The van der Waals surface area contributed by atoms with Gasteiger partial charge in [0.15, 0.2) is 17.6 Å². The summed E-state index contributed by atoms with van der Waals surface area (Å²) in [6.45, 7) is 1.88. The van der Waals surface area contributed by atoms with Crippen LogP contribution in [0.5, 0.6) is 11.5 Å². The normalized spacial score (nSPS) is 14.3. The molecule has 0 aliphatic heterocycles. The molecule has 0 spiro atoms. The van der Waals surface area contributed by atoms with Crippen LogP contribution in [-0.4, -0.2) is 32.2 Å². The molecular formula is C22H27NO5S. The molecule has 7 heteroatoms. The second-order valence-corrected chi connectivity index (χ2v) is 8.21. The van der Waals surface area contributed by atoms with E-state index in [1.54, 1.807) is 33.3 Å². The van der Waals surface area contributed by atoms with Gasteiger partial charge in [-0.3, -0.25) is 4.79 Å². The molecule has 0 fully saturated rings. The number of nitrogens with one attached hydrogen (secondary N) is 1. The molecule has 1 N–H and O–H groups in total. The number of amides is 1. The van der Waals surface area contributed by atoms with E-state index >= 15 is 0 Å². The van der Waals surface area contributed by atoms with Crippen molar-refractivity contribution in [2.45, 2.75) is 51.7 Å². The van der Waals surface area contributed by atoms with Crippen molar-refractivity contribution in [3.63, 3.8) is 0 Å². The van der Waals surface area contributed by atoms with Crippen molar-refractivity contribution in [2.75, 3.05) is 14.2 Å². The third-order valence-electron chi connectivity index (χ3n) is 5.02. The number of thiophene rings is 1. The minimum Gasteiger partial charge on any atom is -0.493 e. The Bertz CT molecular complexity index is 853. The highest BCUT2D eigenvalue weighted by Crippen LogP contribution is 2.30. The summed E-state index contributed by atoms with van der Waals surface area (Å²) in [7, 11) is 3.13. The second kappa shape index (κ2) is 9.78. The van der Waals surface area contributed by atoms with Gasteiger partial charge in [0.1, 0.15) is 4.88 Å². The number of ether oxygens (including phenoxy) is 3. The van der Waals surface area contributed by atoms with E-state index in [2.05, 4.69) is 5.32 Å². The molecule has 29 heavy (non-hydrogen) atoms. The zero-order chi connectivity index (χ0) is 20.8. The Morgan fingerprint density at radius 3 is 2.59 bits per heavy atom. The number of esters is 1. The molecule has 1 atom stereocenters. The summed E-state index contributed by atoms with van der Waals surface area (Å²) in [6, 6.07) is 7.36. The maximum atomic E-state index is 12.5. The highest BCUT2D eigenvalue weighted by atomic mass is 32.1. The lowest BCUT2D eigenvalue weighted by molar-refractivity contribution is -0.129. The molecule has 156 valence electrons. The number of fused-ring (bicyclic) bond motifs is 1. The average molecular weight is 418 g/mol. The Morgan fingerprint density at radius 1 is 1.07 bits per heavy atom. The van der Waals surface area contributed by atoms with E-state index < -0.39 is 12.1 Å². The van der Waals surface area contributed by atoms with E-state index in [0.29, 0.717) is 22.9 Å². The smallest absolute Gasteiger partial charge is 0.349 e. The molecule has 0 saturated heterocycles. The summed E-state index contributed by atoms with van der Waals surface area (Å²) in [5, 5.41) is 2.79. The van der Waals surface area contributed by atoms with Crippen molar-refractivity contribution in [3.8, 4) is 11.5 Å². The predicted octanol–water partition coefficient (Wildman–Crippen LogP) is 3.90. The minimum absolute atomic E-state index is 0.300. The molecule has 1 aromatic heterocycles. The van der Waals surface area contributed by atoms with Gasteiger partial charge < -0.3 is 19.5 Å². The van der Waals surface area contributed by atoms with Crippen LogP contribution in [0.2, 0.25) is 0 Å². The molecule has 1 aromatic carbocycles. The first-order valence-corrected chi connectivity index (χ1v) is 10.6. The van der Waals surface area contributed by atoms with E-state index in [9.17, 15) is 9.59 Å². The molecule has 0 bridgehead atoms. The van der Waals surface area contributed by atoms with Crippen LogP contribution < -0.4 is 14.8 Å². The molecule has 1 heterocycles. The van der Waals surface area contributed by atoms with Crippen molar-refractivity contribution >= 4 is 23.2 Å². The Labute approximate surface area is 175 Å².